The summed E-state index contributed by atoms with van der Waals surface area (Å²) in [4.78, 5) is 11.9. The quantitative estimate of drug-likeness (QED) is 0.524. The molecule has 1 fully saturated rings. The highest BCUT2D eigenvalue weighted by molar-refractivity contribution is 6.73. The molecule has 0 aromatic heterocycles. The molecule has 0 N–H and O–H groups in total. The predicted molar refractivity (Wildman–Crippen MR) is 90.6 cm³/mol. The molecule has 0 spiro atoms. The van der Waals surface area contributed by atoms with Crippen LogP contribution in [0.2, 0.25) is 18.1 Å². The van der Waals surface area contributed by atoms with Crippen LogP contribution in [0.4, 0.5) is 0 Å². The van der Waals surface area contributed by atoms with Gasteiger partial charge in [0, 0.05) is 12.5 Å². The highest BCUT2D eigenvalue weighted by Crippen LogP contribution is 2.37. The van der Waals surface area contributed by atoms with Gasteiger partial charge in [-0.1, -0.05) is 26.8 Å². The summed E-state index contributed by atoms with van der Waals surface area (Å²) in [7, 11) is -1.77. The molecule has 0 aliphatic carbocycles. The average molecular weight is 343 g/mol. The number of hydrogen-bond acceptors (Lipinski definition) is 5. The van der Waals surface area contributed by atoms with Gasteiger partial charge >= 0.3 is 5.97 Å². The van der Waals surface area contributed by atoms with Gasteiger partial charge in [-0.25, -0.2) is 4.79 Å². The molecular weight excluding hydrogens is 312 g/mol. The van der Waals surface area contributed by atoms with Gasteiger partial charge in [0.25, 0.3) is 0 Å². The molecule has 2 aliphatic heterocycles. The number of carbonyl (C=O) groups is 1. The van der Waals surface area contributed by atoms with Gasteiger partial charge in [0.2, 0.25) is 0 Å². The van der Waals surface area contributed by atoms with Crippen molar-refractivity contribution in [2.75, 3.05) is 13.2 Å². The number of hydrogen-bond donors (Lipinski definition) is 0. The van der Waals surface area contributed by atoms with E-state index in [1.807, 2.05) is 19.9 Å². The second-order valence-electron chi connectivity index (χ2n) is 6.94. The van der Waals surface area contributed by atoms with Gasteiger partial charge in [0.1, 0.15) is 6.10 Å². The van der Waals surface area contributed by atoms with Crippen LogP contribution in [-0.4, -0.2) is 45.0 Å². The van der Waals surface area contributed by atoms with Crippen molar-refractivity contribution in [2.24, 2.45) is 0 Å². The Morgan fingerprint density at radius 1 is 1.26 bits per heavy atom. The topological polar surface area (TPSA) is 54.0 Å². The van der Waals surface area contributed by atoms with Gasteiger partial charge in [-0.3, -0.25) is 0 Å². The molecule has 0 amide bonds. The summed E-state index contributed by atoms with van der Waals surface area (Å²) in [6.45, 7) is 11.1. The first-order valence-electron chi connectivity index (χ1n) is 8.65. The van der Waals surface area contributed by atoms with Crippen molar-refractivity contribution in [3.05, 3.63) is 12.2 Å². The van der Waals surface area contributed by atoms with Crippen LogP contribution in [0, 0.1) is 0 Å². The monoisotopic (exact) mass is 342 g/mol. The third-order valence-corrected chi connectivity index (χ3v) is 9.79. The third-order valence-electron chi connectivity index (χ3n) is 5.17. The van der Waals surface area contributed by atoms with E-state index in [2.05, 4.69) is 20.8 Å². The van der Waals surface area contributed by atoms with E-state index in [1.165, 1.54) is 6.08 Å². The van der Waals surface area contributed by atoms with Crippen molar-refractivity contribution >= 4 is 14.3 Å². The molecule has 0 unspecified atom stereocenters. The molecule has 5 nitrogen and oxygen atoms in total. The minimum Gasteiger partial charge on any atom is -0.450 e. The lowest BCUT2D eigenvalue weighted by Gasteiger charge is -2.41. The molecule has 0 saturated carbocycles. The second-order valence-corrected chi connectivity index (χ2v) is 11.7. The van der Waals surface area contributed by atoms with Crippen molar-refractivity contribution < 1.29 is 23.4 Å². The molecule has 1 saturated heterocycles. The highest BCUT2D eigenvalue weighted by Gasteiger charge is 2.51. The van der Waals surface area contributed by atoms with E-state index in [4.69, 9.17) is 18.6 Å². The van der Waals surface area contributed by atoms with Crippen molar-refractivity contribution in [1.82, 2.24) is 0 Å². The Balaban J connectivity index is 2.18. The largest absolute Gasteiger partial charge is 0.450 e. The first-order chi connectivity index (χ1) is 10.8. The summed E-state index contributed by atoms with van der Waals surface area (Å²) in [5.74, 6) is -0.982. The van der Waals surface area contributed by atoms with E-state index in [-0.39, 0.29) is 12.1 Å². The molecule has 0 aromatic rings. The normalized spacial score (nSPS) is 30.5. The summed E-state index contributed by atoms with van der Waals surface area (Å²) in [5, 5.41) is 0. The highest BCUT2D eigenvalue weighted by atomic mass is 28.4. The Morgan fingerprint density at radius 3 is 2.39 bits per heavy atom. The fraction of sp³-hybridized carbons (Fsp3) is 0.824. The Labute approximate surface area is 140 Å². The smallest absolute Gasteiger partial charge is 0.331 e. The van der Waals surface area contributed by atoms with E-state index in [1.54, 1.807) is 0 Å². The SMILES string of the molecule is CC[Si](CC)(CC)OC[C@]1([C@@H]2COC(C)(C)O2)CC=CC(=O)O1. The maximum atomic E-state index is 11.9. The van der Waals surface area contributed by atoms with Crippen LogP contribution in [0.15, 0.2) is 12.2 Å². The van der Waals surface area contributed by atoms with Gasteiger partial charge in [-0.2, -0.15) is 0 Å². The maximum absolute atomic E-state index is 11.9. The summed E-state index contributed by atoms with van der Waals surface area (Å²) >= 11 is 0. The van der Waals surface area contributed by atoms with E-state index < -0.39 is 19.7 Å². The van der Waals surface area contributed by atoms with Crippen molar-refractivity contribution in [3.63, 3.8) is 0 Å². The zero-order valence-electron chi connectivity index (χ0n) is 15.0. The van der Waals surface area contributed by atoms with Crippen LogP contribution in [0.3, 0.4) is 0 Å². The van der Waals surface area contributed by atoms with E-state index in [0.29, 0.717) is 19.6 Å². The number of esters is 1. The van der Waals surface area contributed by atoms with Crippen LogP contribution < -0.4 is 0 Å². The first-order valence-corrected chi connectivity index (χ1v) is 11.2. The molecule has 0 bridgehead atoms. The van der Waals surface area contributed by atoms with E-state index >= 15 is 0 Å². The van der Waals surface area contributed by atoms with Gasteiger partial charge in [0.15, 0.2) is 19.7 Å². The zero-order chi connectivity index (χ0) is 17.1. The lowest BCUT2D eigenvalue weighted by molar-refractivity contribution is -0.197. The second kappa shape index (κ2) is 7.05. The first kappa shape index (κ1) is 18.6. The lowest BCUT2D eigenvalue weighted by Crippen LogP contribution is -2.55. The molecular formula is C17H30O5Si. The molecule has 6 heteroatoms. The minimum absolute atomic E-state index is 0.302. The maximum Gasteiger partial charge on any atom is 0.331 e. The summed E-state index contributed by atoms with van der Waals surface area (Å²) in [5.41, 5.74) is -0.780. The van der Waals surface area contributed by atoms with Gasteiger partial charge < -0.3 is 18.6 Å². The van der Waals surface area contributed by atoms with Gasteiger partial charge in [-0.15, -0.1) is 0 Å². The Morgan fingerprint density at radius 2 is 1.91 bits per heavy atom. The van der Waals surface area contributed by atoms with Crippen molar-refractivity contribution in [2.45, 2.75) is 76.7 Å². The number of ether oxygens (including phenoxy) is 3. The minimum atomic E-state index is -1.77. The van der Waals surface area contributed by atoms with Crippen LogP contribution in [0.1, 0.15) is 41.0 Å². The third kappa shape index (κ3) is 4.05. The van der Waals surface area contributed by atoms with Gasteiger partial charge in [0.05, 0.1) is 13.2 Å². The fourth-order valence-electron chi connectivity index (χ4n) is 3.29. The molecule has 2 atom stereocenters. The van der Waals surface area contributed by atoms with E-state index in [0.717, 1.165) is 18.1 Å². The van der Waals surface area contributed by atoms with E-state index in [9.17, 15) is 4.79 Å². The van der Waals surface area contributed by atoms with Crippen LogP contribution >= 0.6 is 0 Å². The number of rotatable bonds is 7. The van der Waals surface area contributed by atoms with Crippen LogP contribution in [0.5, 0.6) is 0 Å². The molecule has 132 valence electrons. The molecule has 0 aromatic carbocycles. The fourth-order valence-corrected chi connectivity index (χ4v) is 5.95. The lowest BCUT2D eigenvalue weighted by atomic mass is 9.92. The summed E-state index contributed by atoms with van der Waals surface area (Å²) in [6, 6.07) is 3.19. The average Bonchev–Trinajstić information content (AvgIpc) is 2.90. The Kier molecular flexibility index (Phi) is 5.71. The molecule has 2 aliphatic rings. The van der Waals surface area contributed by atoms with Crippen molar-refractivity contribution in [3.8, 4) is 0 Å². The Hall–Kier alpha value is -0.693. The number of carbonyl (C=O) groups excluding carboxylic acids is 1. The molecule has 2 rings (SSSR count). The molecule has 0 radical (unpaired) electrons. The number of cyclic esters (lactones) is 1. The molecule has 2 heterocycles. The van der Waals surface area contributed by atoms with Gasteiger partial charge in [-0.05, 0) is 32.0 Å². The Bertz CT molecular complexity index is 450. The van der Waals surface area contributed by atoms with Crippen LogP contribution in [-0.2, 0) is 23.4 Å². The predicted octanol–water partition coefficient (Wildman–Crippen LogP) is 3.40. The summed E-state index contributed by atoms with van der Waals surface area (Å²) in [6.07, 6.45) is 3.63. The summed E-state index contributed by atoms with van der Waals surface area (Å²) < 4.78 is 23.9. The molecule has 23 heavy (non-hydrogen) atoms. The van der Waals surface area contributed by atoms with Crippen LogP contribution in [0.25, 0.3) is 0 Å². The zero-order valence-corrected chi connectivity index (χ0v) is 16.0. The van der Waals surface area contributed by atoms with Crippen molar-refractivity contribution in [1.29, 1.82) is 0 Å². The standard InChI is InChI=1S/C17H30O5Si/c1-6-23(7-2,8-3)20-13-17(11-9-10-15(18)22-17)14-12-19-16(4,5)21-14/h9-10,14H,6-8,11-13H2,1-5H3/t14-,17-/m0/s1.